The molecule has 0 aliphatic carbocycles. The van der Waals surface area contributed by atoms with Gasteiger partial charge in [0.2, 0.25) is 17.7 Å². The van der Waals surface area contributed by atoms with Crippen molar-refractivity contribution in [3.63, 3.8) is 0 Å². The van der Waals surface area contributed by atoms with Gasteiger partial charge in [-0.25, -0.2) is 19.2 Å². The normalized spacial score (nSPS) is 11.6. The van der Waals surface area contributed by atoms with E-state index in [9.17, 15) is 18.8 Å². The molecule has 0 aliphatic rings. The molecule has 2 heterocycles. The number of hydrogen-bond acceptors (Lipinski definition) is 10. The zero-order valence-electron chi connectivity index (χ0n) is 27.8. The molecule has 0 unspecified atom stereocenters. The number of ether oxygens (including phenoxy) is 2. The number of benzene rings is 2. The summed E-state index contributed by atoms with van der Waals surface area (Å²) in [5, 5.41) is 4.31. The van der Waals surface area contributed by atoms with E-state index in [4.69, 9.17) is 13.9 Å². The molecular formula is C34H40FN5O6S2. The first-order valence-electron chi connectivity index (χ1n) is 15.3. The monoisotopic (exact) mass is 697 g/mol. The van der Waals surface area contributed by atoms with Crippen LogP contribution in [0.1, 0.15) is 71.6 Å². The summed E-state index contributed by atoms with van der Waals surface area (Å²) in [6.45, 7) is 11.6. The maximum atomic E-state index is 13.4. The molecule has 2 N–H and O–H groups in total. The van der Waals surface area contributed by atoms with E-state index in [0.717, 1.165) is 20.5 Å². The molecule has 2 aromatic carbocycles. The van der Waals surface area contributed by atoms with Gasteiger partial charge in [0.05, 0.1) is 41.1 Å². The van der Waals surface area contributed by atoms with Crippen LogP contribution in [0.5, 0.6) is 5.75 Å². The number of carbonyl (C=O) groups is 3. The topological polar surface area (TPSA) is 136 Å². The Morgan fingerprint density at radius 1 is 0.958 bits per heavy atom. The molecule has 0 aliphatic heterocycles. The smallest absolute Gasteiger partial charge is 0.434 e. The van der Waals surface area contributed by atoms with Crippen molar-refractivity contribution in [3.05, 3.63) is 84.0 Å². The lowest BCUT2D eigenvalue weighted by atomic mass is 9.94. The number of nitrogens with one attached hydrogen (secondary N) is 2. The molecule has 0 bridgehead atoms. The van der Waals surface area contributed by atoms with E-state index >= 15 is 0 Å². The van der Waals surface area contributed by atoms with Crippen LogP contribution in [0.2, 0.25) is 0 Å². The van der Waals surface area contributed by atoms with Gasteiger partial charge >= 0.3 is 6.09 Å². The number of thiazole rings is 1. The summed E-state index contributed by atoms with van der Waals surface area (Å²) >= 11 is 2.93. The van der Waals surface area contributed by atoms with Crippen LogP contribution in [-0.2, 0) is 31.9 Å². The maximum absolute atomic E-state index is 13.4. The van der Waals surface area contributed by atoms with Gasteiger partial charge in [0.15, 0.2) is 5.13 Å². The molecule has 0 atom stereocenters. The average Bonchev–Trinajstić information content (AvgIpc) is 3.67. The number of nitrogens with zero attached hydrogens (tertiary/aromatic N) is 3. The van der Waals surface area contributed by atoms with Crippen LogP contribution >= 0.6 is 23.1 Å². The molecule has 3 amide bonds. The molecule has 0 fully saturated rings. The molecule has 0 spiro atoms. The van der Waals surface area contributed by atoms with Crippen LogP contribution in [0.25, 0.3) is 0 Å². The Bertz CT molecular complexity index is 1680. The highest BCUT2D eigenvalue weighted by atomic mass is 32.2. The molecule has 14 heteroatoms. The van der Waals surface area contributed by atoms with Gasteiger partial charge in [0.1, 0.15) is 22.9 Å². The number of anilines is 2. The lowest BCUT2D eigenvalue weighted by Gasteiger charge is -2.27. The fraction of sp³-hybridized carbons (Fsp3) is 0.382. The minimum absolute atomic E-state index is 0.0631. The average molecular weight is 698 g/mol. The van der Waals surface area contributed by atoms with E-state index in [1.165, 1.54) is 35.6 Å². The van der Waals surface area contributed by atoms with Gasteiger partial charge in [0.25, 0.3) is 0 Å². The van der Waals surface area contributed by atoms with Gasteiger partial charge in [-0.1, -0.05) is 44.2 Å². The SMILES string of the molecule is CC(C)(C)OC(=O)N(NC(=O)CCCOc1ccc(CC(=O)Nc2ncc(SCc3ncc(C(C)(C)C)o3)s2)cc1)c1ccc(F)cc1. The molecule has 256 valence electrons. The summed E-state index contributed by atoms with van der Waals surface area (Å²) in [4.78, 5) is 46.6. The second-order valence-electron chi connectivity index (χ2n) is 12.8. The van der Waals surface area contributed by atoms with Gasteiger partial charge in [-0.05, 0) is 69.2 Å². The lowest BCUT2D eigenvalue weighted by Crippen LogP contribution is -2.48. The largest absolute Gasteiger partial charge is 0.494 e. The van der Waals surface area contributed by atoms with Crippen molar-refractivity contribution in [1.82, 2.24) is 15.4 Å². The standard InChI is InChI=1S/C34H40FN5O6S2/c1-33(2,3)26-19-36-29(45-26)21-47-30-20-37-31(48-30)38-28(42)18-22-9-15-25(16-10-22)44-17-7-8-27(41)39-40(32(43)46-34(4,5)6)24-13-11-23(35)12-14-24/h9-16,19-20H,7-8,17-18,21H2,1-6H3,(H,39,41)(H,37,38,42). The zero-order chi connectivity index (χ0) is 34.9. The van der Waals surface area contributed by atoms with Crippen molar-refractivity contribution in [2.75, 3.05) is 16.9 Å². The van der Waals surface area contributed by atoms with Crippen molar-refractivity contribution in [2.45, 2.75) is 81.8 Å². The van der Waals surface area contributed by atoms with Crippen LogP contribution in [0, 0.1) is 5.82 Å². The molecule has 0 saturated heterocycles. The van der Waals surface area contributed by atoms with Crippen LogP contribution < -0.4 is 20.5 Å². The van der Waals surface area contributed by atoms with Gasteiger partial charge in [-0.2, -0.15) is 5.01 Å². The van der Waals surface area contributed by atoms with E-state index in [2.05, 4.69) is 41.5 Å². The maximum Gasteiger partial charge on any atom is 0.434 e. The fourth-order valence-electron chi connectivity index (χ4n) is 4.01. The van der Waals surface area contributed by atoms with Crippen molar-refractivity contribution in [3.8, 4) is 5.75 Å². The lowest BCUT2D eigenvalue weighted by molar-refractivity contribution is -0.121. The highest BCUT2D eigenvalue weighted by Gasteiger charge is 2.25. The first-order chi connectivity index (χ1) is 22.6. The summed E-state index contributed by atoms with van der Waals surface area (Å²) in [5.41, 5.74) is 2.69. The van der Waals surface area contributed by atoms with Crippen LogP contribution in [0.4, 0.5) is 20.0 Å². The first-order valence-corrected chi connectivity index (χ1v) is 17.1. The van der Waals surface area contributed by atoms with E-state index < -0.39 is 23.4 Å². The summed E-state index contributed by atoms with van der Waals surface area (Å²) in [6, 6.07) is 12.2. The molecule has 0 saturated carbocycles. The molecule has 0 radical (unpaired) electrons. The summed E-state index contributed by atoms with van der Waals surface area (Å²) in [6.07, 6.45) is 3.28. The Balaban J connectivity index is 1.18. The molecule has 2 aromatic heterocycles. The van der Waals surface area contributed by atoms with Crippen molar-refractivity contribution < 1.29 is 32.7 Å². The number of hydrogen-bond donors (Lipinski definition) is 2. The number of oxazole rings is 1. The highest BCUT2D eigenvalue weighted by molar-refractivity contribution is 8.00. The number of amides is 3. The van der Waals surface area contributed by atoms with Crippen molar-refractivity contribution >= 4 is 51.8 Å². The summed E-state index contributed by atoms with van der Waals surface area (Å²) in [7, 11) is 0. The predicted molar refractivity (Wildman–Crippen MR) is 184 cm³/mol. The Kier molecular flexibility index (Phi) is 12.2. The zero-order valence-corrected chi connectivity index (χ0v) is 29.4. The Morgan fingerprint density at radius 3 is 2.31 bits per heavy atom. The summed E-state index contributed by atoms with van der Waals surface area (Å²) in [5.74, 6) is 1.53. The van der Waals surface area contributed by atoms with E-state index in [1.54, 1.807) is 69.2 Å². The molecule has 11 nitrogen and oxygen atoms in total. The van der Waals surface area contributed by atoms with E-state index in [-0.39, 0.29) is 36.5 Å². The minimum Gasteiger partial charge on any atom is -0.494 e. The third-order valence-corrected chi connectivity index (χ3v) is 8.46. The van der Waals surface area contributed by atoms with Crippen molar-refractivity contribution in [1.29, 1.82) is 0 Å². The quantitative estimate of drug-likeness (QED) is 0.0868. The number of hydrazine groups is 1. The Labute approximate surface area is 287 Å². The fourth-order valence-corrected chi connectivity index (χ4v) is 5.75. The number of rotatable bonds is 12. The number of carbonyl (C=O) groups excluding carboxylic acids is 3. The Hall–Kier alpha value is -4.43. The van der Waals surface area contributed by atoms with Crippen molar-refractivity contribution in [2.24, 2.45) is 0 Å². The molecular weight excluding hydrogens is 658 g/mol. The second kappa shape index (κ2) is 16.1. The number of aromatic nitrogens is 2. The van der Waals surface area contributed by atoms with Gasteiger partial charge in [-0.3, -0.25) is 15.0 Å². The van der Waals surface area contributed by atoms with Crippen LogP contribution in [-0.4, -0.2) is 40.1 Å². The van der Waals surface area contributed by atoms with Gasteiger partial charge < -0.3 is 19.2 Å². The predicted octanol–water partition coefficient (Wildman–Crippen LogP) is 7.67. The number of halogens is 1. The highest BCUT2D eigenvalue weighted by Crippen LogP contribution is 2.32. The van der Waals surface area contributed by atoms with Crippen LogP contribution in [0.3, 0.4) is 0 Å². The van der Waals surface area contributed by atoms with Gasteiger partial charge in [-0.15, -0.1) is 11.8 Å². The third kappa shape index (κ3) is 11.7. The number of thioether (sulfide) groups is 1. The summed E-state index contributed by atoms with van der Waals surface area (Å²) < 4.78 is 31.3. The van der Waals surface area contributed by atoms with Crippen LogP contribution in [0.15, 0.2) is 69.6 Å². The van der Waals surface area contributed by atoms with E-state index in [0.29, 0.717) is 28.9 Å². The second-order valence-corrected chi connectivity index (χ2v) is 15.1. The first kappa shape index (κ1) is 36.4. The molecule has 4 rings (SSSR count). The Morgan fingerprint density at radius 2 is 1.67 bits per heavy atom. The minimum atomic E-state index is -0.797. The molecule has 4 aromatic rings. The third-order valence-electron chi connectivity index (χ3n) is 6.36. The molecule has 48 heavy (non-hydrogen) atoms. The van der Waals surface area contributed by atoms with Gasteiger partial charge in [0, 0.05) is 11.8 Å². The van der Waals surface area contributed by atoms with E-state index in [1.807, 2.05) is 0 Å².